The summed E-state index contributed by atoms with van der Waals surface area (Å²) in [5.74, 6) is -0.420. The highest BCUT2D eigenvalue weighted by Crippen LogP contribution is 2.31. The zero-order valence-corrected chi connectivity index (χ0v) is 12.3. The fraction of sp³-hybridized carbons (Fsp3) is 0.267. The van der Waals surface area contributed by atoms with Crippen molar-refractivity contribution in [1.29, 1.82) is 0 Å². The van der Waals surface area contributed by atoms with Crippen molar-refractivity contribution >= 4 is 5.97 Å². The quantitative estimate of drug-likeness (QED) is 0.626. The first kappa shape index (κ1) is 16.7. The van der Waals surface area contributed by atoms with E-state index in [0.717, 1.165) is 12.1 Å². The van der Waals surface area contributed by atoms with Crippen LogP contribution >= 0.6 is 0 Å². The molecule has 5 nitrogen and oxygen atoms in total. The average Bonchev–Trinajstić information content (AvgIpc) is 2.95. The highest BCUT2D eigenvalue weighted by molar-refractivity contribution is 5.87. The van der Waals surface area contributed by atoms with E-state index < -0.39 is 17.7 Å². The smallest absolute Gasteiger partial charge is 0.416 e. The van der Waals surface area contributed by atoms with Gasteiger partial charge in [0.2, 0.25) is 0 Å². The van der Waals surface area contributed by atoms with Gasteiger partial charge in [0.1, 0.15) is 6.33 Å². The molecule has 23 heavy (non-hydrogen) atoms. The normalized spacial score (nSPS) is 11.3. The van der Waals surface area contributed by atoms with Crippen LogP contribution in [0.15, 0.2) is 42.7 Å². The Labute approximate surface area is 130 Å². The number of halogens is 3. The van der Waals surface area contributed by atoms with Crippen LogP contribution in [0.4, 0.5) is 13.2 Å². The number of ether oxygens (including phenoxy) is 1. The number of carbonyl (C=O) groups is 1. The Morgan fingerprint density at radius 1 is 1.39 bits per heavy atom. The molecule has 0 aliphatic heterocycles. The van der Waals surface area contributed by atoms with E-state index in [4.69, 9.17) is 4.74 Å². The van der Waals surface area contributed by atoms with Crippen LogP contribution in [0, 0.1) is 0 Å². The van der Waals surface area contributed by atoms with Gasteiger partial charge in [0.15, 0.2) is 5.82 Å². The number of alkyl halides is 3. The highest BCUT2D eigenvalue weighted by Gasteiger charge is 2.30. The van der Waals surface area contributed by atoms with Crippen molar-refractivity contribution in [1.82, 2.24) is 14.8 Å². The molecule has 122 valence electrons. The lowest BCUT2D eigenvalue weighted by Crippen LogP contribution is -2.12. The summed E-state index contributed by atoms with van der Waals surface area (Å²) in [5.41, 5.74) is -0.366. The van der Waals surface area contributed by atoms with Crippen molar-refractivity contribution in [2.75, 3.05) is 6.61 Å². The molecule has 2 aromatic rings. The van der Waals surface area contributed by atoms with Crippen LogP contribution in [0.2, 0.25) is 0 Å². The number of aromatic nitrogens is 3. The summed E-state index contributed by atoms with van der Waals surface area (Å²) in [5, 5.41) is 4.06. The van der Waals surface area contributed by atoms with Gasteiger partial charge in [0.25, 0.3) is 0 Å². The standard InChI is InChI=1S/C15H14F3N3O2/c1-3-23-14(22)10(2)8-21-9-19-13(20-21)11-5-4-6-12(7-11)15(16,17)18/h4-7,9H,2-3,8H2,1H3. The Morgan fingerprint density at radius 3 is 2.78 bits per heavy atom. The van der Waals surface area contributed by atoms with Crippen molar-refractivity contribution in [2.45, 2.75) is 19.6 Å². The first-order valence-corrected chi connectivity index (χ1v) is 6.73. The van der Waals surface area contributed by atoms with E-state index in [2.05, 4.69) is 16.7 Å². The Morgan fingerprint density at radius 2 is 2.13 bits per heavy atom. The molecular formula is C15H14F3N3O2. The summed E-state index contributed by atoms with van der Waals surface area (Å²) in [4.78, 5) is 15.4. The molecule has 1 heterocycles. The Kier molecular flexibility index (Phi) is 4.83. The van der Waals surface area contributed by atoms with Crippen LogP contribution in [0.25, 0.3) is 11.4 Å². The third kappa shape index (κ3) is 4.18. The summed E-state index contributed by atoms with van der Waals surface area (Å²) in [6, 6.07) is 4.72. The molecule has 0 bridgehead atoms. The first-order chi connectivity index (χ1) is 10.8. The third-order valence-corrected chi connectivity index (χ3v) is 2.90. The number of nitrogens with zero attached hydrogens (tertiary/aromatic N) is 3. The largest absolute Gasteiger partial charge is 0.463 e. The molecule has 0 N–H and O–H groups in total. The average molecular weight is 325 g/mol. The van der Waals surface area contributed by atoms with Gasteiger partial charge in [-0.05, 0) is 19.1 Å². The number of carbonyl (C=O) groups excluding carboxylic acids is 1. The van der Waals surface area contributed by atoms with E-state index in [9.17, 15) is 18.0 Å². The SMILES string of the molecule is C=C(Cn1cnc(-c2cccc(C(F)(F)F)c2)n1)C(=O)OCC. The van der Waals surface area contributed by atoms with Crippen molar-refractivity contribution in [3.8, 4) is 11.4 Å². The molecule has 2 rings (SSSR count). The summed E-state index contributed by atoms with van der Waals surface area (Å²) in [6.45, 7) is 5.53. The molecule has 0 radical (unpaired) electrons. The van der Waals surface area contributed by atoms with Gasteiger partial charge in [0.05, 0.1) is 24.3 Å². The van der Waals surface area contributed by atoms with Crippen LogP contribution in [0.5, 0.6) is 0 Å². The maximum absolute atomic E-state index is 12.7. The lowest BCUT2D eigenvalue weighted by molar-refractivity contribution is -0.139. The summed E-state index contributed by atoms with van der Waals surface area (Å²) in [7, 11) is 0. The van der Waals surface area contributed by atoms with E-state index in [0.29, 0.717) is 0 Å². The zero-order valence-electron chi connectivity index (χ0n) is 12.3. The second kappa shape index (κ2) is 6.64. The number of benzene rings is 1. The molecule has 1 aromatic heterocycles. The third-order valence-electron chi connectivity index (χ3n) is 2.90. The summed E-state index contributed by atoms with van der Waals surface area (Å²) < 4.78 is 44.2. The minimum absolute atomic E-state index is 0.0464. The van der Waals surface area contributed by atoms with Crippen LogP contribution in [-0.2, 0) is 22.3 Å². The Hall–Kier alpha value is -2.64. The fourth-order valence-corrected chi connectivity index (χ4v) is 1.83. The van der Waals surface area contributed by atoms with Crippen molar-refractivity contribution in [2.24, 2.45) is 0 Å². The predicted molar refractivity (Wildman–Crippen MR) is 76.2 cm³/mol. The van der Waals surface area contributed by atoms with Crippen molar-refractivity contribution in [3.63, 3.8) is 0 Å². The highest BCUT2D eigenvalue weighted by atomic mass is 19.4. The van der Waals surface area contributed by atoms with E-state index in [1.807, 2.05) is 0 Å². The van der Waals surface area contributed by atoms with E-state index >= 15 is 0 Å². The zero-order chi connectivity index (χ0) is 17.0. The number of esters is 1. The molecule has 0 saturated carbocycles. The van der Waals surface area contributed by atoms with E-state index in [1.165, 1.54) is 23.1 Å². The Bertz CT molecular complexity index is 723. The molecule has 0 saturated heterocycles. The second-order valence-electron chi connectivity index (χ2n) is 4.67. The molecule has 0 amide bonds. The van der Waals surface area contributed by atoms with Gasteiger partial charge in [-0.2, -0.15) is 18.3 Å². The van der Waals surface area contributed by atoms with Gasteiger partial charge in [0, 0.05) is 5.56 Å². The van der Waals surface area contributed by atoms with Gasteiger partial charge in [-0.25, -0.2) is 14.5 Å². The molecule has 0 unspecified atom stereocenters. The van der Waals surface area contributed by atoms with Gasteiger partial charge in [-0.3, -0.25) is 0 Å². The van der Waals surface area contributed by atoms with Crippen LogP contribution in [0.1, 0.15) is 12.5 Å². The molecule has 1 aromatic carbocycles. The number of rotatable bonds is 5. The lowest BCUT2D eigenvalue weighted by atomic mass is 10.1. The predicted octanol–water partition coefficient (Wildman–Crippen LogP) is 3.08. The topological polar surface area (TPSA) is 57.0 Å². The van der Waals surface area contributed by atoms with Crippen molar-refractivity contribution in [3.05, 3.63) is 48.3 Å². The molecule has 0 aliphatic rings. The van der Waals surface area contributed by atoms with Crippen LogP contribution in [-0.4, -0.2) is 27.3 Å². The summed E-state index contributed by atoms with van der Waals surface area (Å²) in [6.07, 6.45) is -3.11. The molecule has 0 spiro atoms. The lowest BCUT2D eigenvalue weighted by Gasteiger charge is -2.07. The van der Waals surface area contributed by atoms with Gasteiger partial charge >= 0.3 is 12.1 Å². The maximum Gasteiger partial charge on any atom is 0.416 e. The molecule has 0 fully saturated rings. The van der Waals surface area contributed by atoms with Crippen LogP contribution in [0.3, 0.4) is 0 Å². The van der Waals surface area contributed by atoms with E-state index in [-0.39, 0.29) is 30.1 Å². The van der Waals surface area contributed by atoms with E-state index in [1.54, 1.807) is 6.92 Å². The fourth-order valence-electron chi connectivity index (χ4n) is 1.83. The summed E-state index contributed by atoms with van der Waals surface area (Å²) >= 11 is 0. The minimum Gasteiger partial charge on any atom is -0.463 e. The van der Waals surface area contributed by atoms with Gasteiger partial charge in [-0.15, -0.1) is 0 Å². The van der Waals surface area contributed by atoms with Gasteiger partial charge in [-0.1, -0.05) is 18.7 Å². The Balaban J connectivity index is 2.17. The molecule has 0 atom stereocenters. The minimum atomic E-state index is -4.43. The maximum atomic E-state index is 12.7. The second-order valence-corrected chi connectivity index (χ2v) is 4.67. The monoisotopic (exact) mass is 325 g/mol. The molecule has 8 heteroatoms. The number of hydrogen-bond acceptors (Lipinski definition) is 4. The first-order valence-electron chi connectivity index (χ1n) is 6.73. The molecular weight excluding hydrogens is 311 g/mol. The van der Waals surface area contributed by atoms with Crippen LogP contribution < -0.4 is 0 Å². The number of hydrogen-bond donors (Lipinski definition) is 0. The van der Waals surface area contributed by atoms with Crippen molar-refractivity contribution < 1.29 is 22.7 Å². The molecule has 0 aliphatic carbocycles. The van der Waals surface area contributed by atoms with Gasteiger partial charge < -0.3 is 4.74 Å².